The van der Waals surface area contributed by atoms with Gasteiger partial charge in [0, 0.05) is 43.5 Å². The SMILES string of the molecule is CN(C)C[C@H]1[C@H]2C[C@H](CN(C(=O)c3ccc4ncnn4c3)C2)c2cccc(=O)n21. The molecule has 5 rings (SSSR count). The van der Waals surface area contributed by atoms with Crippen molar-refractivity contribution in [3.63, 3.8) is 0 Å². The second-order valence-corrected chi connectivity index (χ2v) is 8.37. The number of amides is 1. The van der Waals surface area contributed by atoms with E-state index in [-0.39, 0.29) is 29.3 Å². The second kappa shape index (κ2) is 6.81. The molecule has 3 aromatic rings. The lowest BCUT2D eigenvalue weighted by molar-refractivity contribution is 0.0498. The zero-order chi connectivity index (χ0) is 20.1. The number of pyridine rings is 2. The van der Waals surface area contributed by atoms with Crippen molar-refractivity contribution in [3.8, 4) is 0 Å². The van der Waals surface area contributed by atoms with Gasteiger partial charge in [-0.25, -0.2) is 9.50 Å². The average Bonchev–Trinajstić information content (AvgIpc) is 3.18. The summed E-state index contributed by atoms with van der Waals surface area (Å²) in [6, 6.07) is 9.21. The molecule has 0 unspecified atom stereocenters. The van der Waals surface area contributed by atoms with E-state index >= 15 is 0 Å². The molecular formula is C21H24N6O2. The van der Waals surface area contributed by atoms with E-state index in [2.05, 4.69) is 15.0 Å². The summed E-state index contributed by atoms with van der Waals surface area (Å²) in [5.41, 5.74) is 2.43. The van der Waals surface area contributed by atoms with Gasteiger partial charge in [0.2, 0.25) is 0 Å². The van der Waals surface area contributed by atoms with Crippen LogP contribution in [0.4, 0.5) is 0 Å². The maximum Gasteiger partial charge on any atom is 0.255 e. The second-order valence-electron chi connectivity index (χ2n) is 8.37. The Balaban J connectivity index is 1.50. The predicted octanol–water partition coefficient (Wildman–Crippen LogP) is 1.25. The molecule has 1 saturated heterocycles. The largest absolute Gasteiger partial charge is 0.338 e. The minimum absolute atomic E-state index is 0.00688. The average molecular weight is 392 g/mol. The van der Waals surface area contributed by atoms with Crippen LogP contribution in [0.2, 0.25) is 0 Å². The Morgan fingerprint density at radius 2 is 2.07 bits per heavy atom. The predicted molar refractivity (Wildman–Crippen MR) is 108 cm³/mol. The number of carbonyl (C=O) groups excluding carboxylic acids is 1. The summed E-state index contributed by atoms with van der Waals surface area (Å²) in [5, 5.41) is 4.14. The summed E-state index contributed by atoms with van der Waals surface area (Å²) >= 11 is 0. The molecule has 8 nitrogen and oxygen atoms in total. The number of hydrogen-bond donors (Lipinski definition) is 0. The fourth-order valence-corrected chi connectivity index (χ4v) is 4.94. The smallest absolute Gasteiger partial charge is 0.255 e. The van der Waals surface area contributed by atoms with Gasteiger partial charge in [0.05, 0.1) is 11.6 Å². The minimum Gasteiger partial charge on any atom is -0.338 e. The van der Waals surface area contributed by atoms with Gasteiger partial charge in [-0.3, -0.25) is 9.59 Å². The van der Waals surface area contributed by atoms with Crippen LogP contribution < -0.4 is 5.56 Å². The quantitative estimate of drug-likeness (QED) is 0.671. The van der Waals surface area contributed by atoms with E-state index in [1.165, 1.54) is 6.33 Å². The topological polar surface area (TPSA) is 75.7 Å². The van der Waals surface area contributed by atoms with Crippen LogP contribution >= 0.6 is 0 Å². The third-order valence-electron chi connectivity index (χ3n) is 6.16. The first kappa shape index (κ1) is 18.1. The van der Waals surface area contributed by atoms with Gasteiger partial charge in [0.25, 0.3) is 11.5 Å². The third kappa shape index (κ3) is 3.04. The number of nitrogens with zero attached hydrogens (tertiary/aromatic N) is 6. The Hall–Kier alpha value is -3.00. The monoisotopic (exact) mass is 392 g/mol. The molecule has 0 radical (unpaired) electrons. The van der Waals surface area contributed by atoms with Gasteiger partial charge in [0.1, 0.15) is 6.33 Å². The summed E-state index contributed by atoms with van der Waals surface area (Å²) in [6.07, 6.45) is 4.23. The van der Waals surface area contributed by atoms with Gasteiger partial charge in [-0.05, 0) is 44.6 Å². The van der Waals surface area contributed by atoms with Crippen LogP contribution in [-0.2, 0) is 0 Å². The third-order valence-corrected chi connectivity index (χ3v) is 6.16. The fourth-order valence-electron chi connectivity index (χ4n) is 4.94. The summed E-state index contributed by atoms with van der Waals surface area (Å²) in [4.78, 5) is 34.2. The highest BCUT2D eigenvalue weighted by Crippen LogP contribution is 2.41. The Morgan fingerprint density at radius 3 is 2.90 bits per heavy atom. The first-order valence-corrected chi connectivity index (χ1v) is 9.96. The number of piperidine rings is 1. The molecule has 0 spiro atoms. The molecule has 150 valence electrons. The van der Waals surface area contributed by atoms with Crippen LogP contribution in [0.15, 0.2) is 47.7 Å². The van der Waals surface area contributed by atoms with Crippen molar-refractivity contribution in [1.29, 1.82) is 0 Å². The van der Waals surface area contributed by atoms with E-state index in [1.807, 2.05) is 47.8 Å². The molecule has 1 fully saturated rings. The van der Waals surface area contributed by atoms with Gasteiger partial charge < -0.3 is 14.4 Å². The van der Waals surface area contributed by atoms with Gasteiger partial charge >= 0.3 is 0 Å². The molecular weight excluding hydrogens is 368 g/mol. The number of rotatable bonds is 3. The molecule has 0 aromatic carbocycles. The molecule has 2 aliphatic heterocycles. The molecule has 5 heterocycles. The zero-order valence-corrected chi connectivity index (χ0v) is 16.6. The normalized spacial score (nSPS) is 23.4. The van der Waals surface area contributed by atoms with Crippen LogP contribution in [0.3, 0.4) is 0 Å². The van der Waals surface area contributed by atoms with E-state index in [0.717, 1.165) is 24.3 Å². The van der Waals surface area contributed by atoms with Crippen LogP contribution in [0, 0.1) is 5.92 Å². The Morgan fingerprint density at radius 1 is 1.21 bits per heavy atom. The van der Waals surface area contributed by atoms with E-state index in [0.29, 0.717) is 18.7 Å². The molecule has 0 saturated carbocycles. The number of fused-ring (bicyclic) bond motifs is 5. The van der Waals surface area contributed by atoms with E-state index in [1.54, 1.807) is 16.8 Å². The van der Waals surface area contributed by atoms with Gasteiger partial charge in [-0.15, -0.1) is 0 Å². The lowest BCUT2D eigenvalue weighted by Gasteiger charge is -2.47. The van der Waals surface area contributed by atoms with Crippen LogP contribution in [0.1, 0.15) is 34.4 Å². The Kier molecular flexibility index (Phi) is 4.24. The van der Waals surface area contributed by atoms with E-state index in [4.69, 9.17) is 0 Å². The van der Waals surface area contributed by atoms with Crippen LogP contribution in [-0.4, -0.2) is 68.6 Å². The zero-order valence-electron chi connectivity index (χ0n) is 16.6. The lowest BCUT2D eigenvalue weighted by Crippen LogP contribution is -2.52. The van der Waals surface area contributed by atoms with E-state index < -0.39 is 0 Å². The molecule has 3 aromatic heterocycles. The van der Waals surface area contributed by atoms with Crippen molar-refractivity contribution in [2.45, 2.75) is 18.4 Å². The van der Waals surface area contributed by atoms with Gasteiger partial charge in [0.15, 0.2) is 5.65 Å². The molecule has 2 aliphatic rings. The van der Waals surface area contributed by atoms with Crippen molar-refractivity contribution < 1.29 is 4.79 Å². The molecule has 2 bridgehead atoms. The molecule has 1 amide bonds. The number of aromatic nitrogens is 4. The van der Waals surface area contributed by atoms with Gasteiger partial charge in [-0.2, -0.15) is 5.10 Å². The summed E-state index contributed by atoms with van der Waals surface area (Å²) in [7, 11) is 4.05. The number of likely N-dealkylation sites (N-methyl/N-ethyl adjacent to an activating group) is 1. The van der Waals surface area contributed by atoms with Crippen LogP contribution in [0.5, 0.6) is 0 Å². The summed E-state index contributed by atoms with van der Waals surface area (Å²) in [6.45, 7) is 2.06. The maximum absolute atomic E-state index is 13.3. The molecule has 3 atom stereocenters. The van der Waals surface area contributed by atoms with Crippen LogP contribution in [0.25, 0.3) is 5.65 Å². The van der Waals surface area contributed by atoms with Gasteiger partial charge in [-0.1, -0.05) is 6.07 Å². The molecule has 0 N–H and O–H groups in total. The Labute approximate surface area is 168 Å². The van der Waals surface area contributed by atoms with Crippen molar-refractivity contribution in [2.24, 2.45) is 5.92 Å². The summed E-state index contributed by atoms with van der Waals surface area (Å²) < 4.78 is 3.60. The van der Waals surface area contributed by atoms with Crippen molar-refractivity contribution in [3.05, 3.63) is 64.5 Å². The lowest BCUT2D eigenvalue weighted by atomic mass is 9.78. The number of hydrogen-bond acceptors (Lipinski definition) is 5. The number of likely N-dealkylation sites (tertiary alicyclic amines) is 1. The standard InChI is InChI=1S/C21H24N6O2/c1-24(2)12-18-16-8-15(17-4-3-5-20(28)27(17)18)9-25(10-16)21(29)14-6-7-19-22-13-23-26(19)11-14/h3-7,11,13,15-16,18H,8-10,12H2,1-2H3/t15-,16+,18+/m1/s1. The highest BCUT2D eigenvalue weighted by molar-refractivity contribution is 5.94. The highest BCUT2D eigenvalue weighted by Gasteiger charge is 2.42. The first-order valence-electron chi connectivity index (χ1n) is 9.96. The highest BCUT2D eigenvalue weighted by atomic mass is 16.2. The molecule has 29 heavy (non-hydrogen) atoms. The summed E-state index contributed by atoms with van der Waals surface area (Å²) in [5.74, 6) is 0.440. The first-order chi connectivity index (χ1) is 14.0. The molecule has 0 aliphatic carbocycles. The van der Waals surface area contributed by atoms with Crippen molar-refractivity contribution in [1.82, 2.24) is 29.0 Å². The molecule has 8 heteroatoms. The minimum atomic E-state index is 0.00688. The van der Waals surface area contributed by atoms with Crippen molar-refractivity contribution in [2.75, 3.05) is 33.7 Å². The van der Waals surface area contributed by atoms with Crippen molar-refractivity contribution >= 4 is 11.6 Å². The van der Waals surface area contributed by atoms with E-state index in [9.17, 15) is 9.59 Å². The maximum atomic E-state index is 13.3. The Bertz CT molecular complexity index is 1130. The number of carbonyl (C=O) groups is 1. The fraction of sp³-hybridized carbons (Fsp3) is 0.429.